The zero-order chi connectivity index (χ0) is 21.6. The lowest BCUT2D eigenvalue weighted by atomic mass is 9.28. The number of rotatable bonds is 4. The van der Waals surface area contributed by atoms with Gasteiger partial charge in [0.2, 0.25) is 0 Å². The SMILES string of the molecule is COc1ccc(C2CC(B3OC(C)(C)C(C)(C)O3)(C34CC5CC(CC(C5)C3)C4)C2)cc1. The van der Waals surface area contributed by atoms with Crippen molar-refractivity contribution in [1.29, 1.82) is 0 Å². The molecule has 1 aromatic carbocycles. The Morgan fingerprint density at radius 1 is 0.774 bits per heavy atom. The van der Waals surface area contributed by atoms with Crippen molar-refractivity contribution in [2.45, 2.75) is 101 Å². The Balaban J connectivity index is 1.35. The second kappa shape index (κ2) is 6.53. The van der Waals surface area contributed by atoms with Gasteiger partial charge in [0.15, 0.2) is 0 Å². The van der Waals surface area contributed by atoms with E-state index >= 15 is 0 Å². The molecule has 0 amide bonds. The molecular weight excluding hydrogens is 383 g/mol. The Hall–Kier alpha value is -0.995. The summed E-state index contributed by atoms with van der Waals surface area (Å²) in [5, 5.41) is 0.165. The van der Waals surface area contributed by atoms with Crippen LogP contribution in [-0.2, 0) is 9.31 Å². The highest BCUT2D eigenvalue weighted by Crippen LogP contribution is 2.78. The molecule has 1 aromatic rings. The molecule has 5 saturated carbocycles. The van der Waals surface area contributed by atoms with Crippen LogP contribution in [0.2, 0.25) is 5.31 Å². The first-order chi connectivity index (χ1) is 14.7. The van der Waals surface area contributed by atoms with E-state index in [0.717, 1.165) is 23.5 Å². The third-order valence-corrected chi connectivity index (χ3v) is 10.6. The monoisotopic (exact) mass is 422 g/mol. The average molecular weight is 422 g/mol. The summed E-state index contributed by atoms with van der Waals surface area (Å²) in [4.78, 5) is 0. The van der Waals surface area contributed by atoms with Crippen LogP contribution in [0.15, 0.2) is 24.3 Å². The second-order valence-corrected chi connectivity index (χ2v) is 12.8. The molecule has 5 aliphatic carbocycles. The van der Waals surface area contributed by atoms with E-state index in [4.69, 9.17) is 14.0 Å². The molecule has 0 radical (unpaired) electrons. The Bertz CT molecular complexity index is 800. The third kappa shape index (κ3) is 2.86. The van der Waals surface area contributed by atoms with Gasteiger partial charge >= 0.3 is 7.12 Å². The van der Waals surface area contributed by atoms with Crippen molar-refractivity contribution in [3.63, 3.8) is 0 Å². The first kappa shape index (κ1) is 20.6. The van der Waals surface area contributed by atoms with E-state index in [1.54, 1.807) is 7.11 Å². The summed E-state index contributed by atoms with van der Waals surface area (Å²) in [7, 11) is 1.68. The Labute approximate surface area is 188 Å². The summed E-state index contributed by atoms with van der Waals surface area (Å²) in [5.74, 6) is 4.40. The van der Waals surface area contributed by atoms with Crippen molar-refractivity contribution in [2.24, 2.45) is 23.2 Å². The van der Waals surface area contributed by atoms with Crippen LogP contribution in [0.3, 0.4) is 0 Å². The quantitative estimate of drug-likeness (QED) is 0.510. The van der Waals surface area contributed by atoms with Crippen molar-refractivity contribution < 1.29 is 14.0 Å². The largest absolute Gasteiger partial charge is 0.497 e. The Morgan fingerprint density at radius 3 is 1.71 bits per heavy atom. The smallest absolute Gasteiger partial charge is 0.465 e. The lowest BCUT2D eigenvalue weighted by Gasteiger charge is -2.68. The minimum atomic E-state index is -0.252. The summed E-state index contributed by atoms with van der Waals surface area (Å²) in [5.41, 5.74) is 1.38. The first-order valence-electron chi connectivity index (χ1n) is 12.6. The number of hydrogen-bond donors (Lipinski definition) is 0. The molecule has 6 aliphatic rings. The summed E-state index contributed by atoms with van der Waals surface area (Å²) < 4.78 is 19.1. The number of hydrogen-bond acceptors (Lipinski definition) is 3. The molecule has 31 heavy (non-hydrogen) atoms. The molecule has 6 fully saturated rings. The van der Waals surface area contributed by atoms with Crippen LogP contribution in [0, 0.1) is 23.2 Å². The fourth-order valence-corrected chi connectivity index (χ4v) is 8.60. The van der Waals surface area contributed by atoms with Gasteiger partial charge < -0.3 is 14.0 Å². The molecule has 1 heterocycles. The first-order valence-corrected chi connectivity index (χ1v) is 12.6. The van der Waals surface area contributed by atoms with Crippen LogP contribution < -0.4 is 4.74 Å². The minimum absolute atomic E-state index is 0.0664. The summed E-state index contributed by atoms with van der Waals surface area (Å²) in [6.07, 6.45) is 11.1. The van der Waals surface area contributed by atoms with Gasteiger partial charge in [0.05, 0.1) is 18.3 Å². The maximum Gasteiger partial charge on any atom is 0.465 e. The number of methoxy groups -OCH3 is 1. The standard InChI is InChI=1S/C27H39BO3/c1-24(2)25(3,4)31-28(30-24)27(16-22(17-27)21-6-8-23(29-5)9-7-21)26-13-18-10-19(14-26)12-20(11-18)15-26/h6-9,18-20,22H,10-17H2,1-5H3. The highest BCUT2D eigenvalue weighted by atomic mass is 16.7. The van der Waals surface area contributed by atoms with Crippen LogP contribution in [0.25, 0.3) is 0 Å². The van der Waals surface area contributed by atoms with Gasteiger partial charge in [-0.15, -0.1) is 0 Å². The predicted octanol–water partition coefficient (Wildman–Crippen LogP) is 6.62. The van der Waals surface area contributed by atoms with Crippen molar-refractivity contribution in [3.05, 3.63) is 29.8 Å². The van der Waals surface area contributed by atoms with E-state index in [0.29, 0.717) is 11.3 Å². The van der Waals surface area contributed by atoms with Crippen molar-refractivity contribution in [3.8, 4) is 5.75 Å². The molecule has 0 unspecified atom stereocenters. The molecule has 168 valence electrons. The van der Waals surface area contributed by atoms with Crippen LogP contribution in [0.5, 0.6) is 5.75 Å². The molecule has 1 aliphatic heterocycles. The lowest BCUT2D eigenvalue weighted by Crippen LogP contribution is -2.61. The molecule has 4 heteroatoms. The van der Waals surface area contributed by atoms with E-state index in [1.807, 2.05) is 0 Å². The van der Waals surface area contributed by atoms with E-state index < -0.39 is 0 Å². The van der Waals surface area contributed by atoms with Crippen LogP contribution in [0.1, 0.15) is 90.5 Å². The molecule has 0 aromatic heterocycles. The Kier molecular flexibility index (Phi) is 4.34. The zero-order valence-electron chi connectivity index (χ0n) is 20.1. The van der Waals surface area contributed by atoms with Crippen LogP contribution in [0.4, 0.5) is 0 Å². The molecular formula is C27H39BO3. The van der Waals surface area contributed by atoms with Crippen molar-refractivity contribution in [2.75, 3.05) is 7.11 Å². The maximum atomic E-state index is 6.84. The molecule has 7 rings (SSSR count). The second-order valence-electron chi connectivity index (χ2n) is 12.8. The molecule has 0 atom stereocenters. The van der Waals surface area contributed by atoms with E-state index in [1.165, 1.54) is 56.9 Å². The van der Waals surface area contributed by atoms with Gasteiger partial charge in [-0.3, -0.25) is 0 Å². The topological polar surface area (TPSA) is 27.7 Å². The number of benzene rings is 1. The van der Waals surface area contributed by atoms with Gasteiger partial charge in [-0.1, -0.05) is 12.1 Å². The zero-order valence-corrected chi connectivity index (χ0v) is 20.1. The van der Waals surface area contributed by atoms with E-state index in [9.17, 15) is 0 Å². The van der Waals surface area contributed by atoms with Crippen molar-refractivity contribution >= 4 is 7.12 Å². The van der Waals surface area contributed by atoms with E-state index in [2.05, 4.69) is 52.0 Å². The predicted molar refractivity (Wildman–Crippen MR) is 124 cm³/mol. The molecule has 1 saturated heterocycles. The van der Waals surface area contributed by atoms with Gasteiger partial charge in [0, 0.05) is 5.31 Å². The summed E-state index contributed by atoms with van der Waals surface area (Å²) >= 11 is 0. The van der Waals surface area contributed by atoms with Gasteiger partial charge in [-0.05, 0) is 126 Å². The van der Waals surface area contributed by atoms with Crippen molar-refractivity contribution in [1.82, 2.24) is 0 Å². The summed E-state index contributed by atoms with van der Waals surface area (Å²) in [6, 6.07) is 8.79. The van der Waals surface area contributed by atoms with Gasteiger partial charge in [-0.25, -0.2) is 0 Å². The molecule has 3 nitrogen and oxygen atoms in total. The lowest BCUT2D eigenvalue weighted by molar-refractivity contribution is -0.112. The fourth-order valence-electron chi connectivity index (χ4n) is 8.60. The van der Waals surface area contributed by atoms with Gasteiger partial charge in [0.1, 0.15) is 5.75 Å². The van der Waals surface area contributed by atoms with Gasteiger partial charge in [-0.2, -0.15) is 0 Å². The van der Waals surface area contributed by atoms with Crippen LogP contribution >= 0.6 is 0 Å². The molecule has 0 N–H and O–H groups in total. The fraction of sp³-hybridized carbons (Fsp3) is 0.778. The van der Waals surface area contributed by atoms with Crippen LogP contribution in [-0.4, -0.2) is 25.4 Å². The minimum Gasteiger partial charge on any atom is -0.497 e. The normalized spacial score (nSPS) is 44.4. The Morgan fingerprint density at radius 2 is 1.26 bits per heavy atom. The van der Waals surface area contributed by atoms with E-state index in [-0.39, 0.29) is 23.6 Å². The molecule has 4 bridgehead atoms. The molecule has 0 spiro atoms. The summed E-state index contributed by atoms with van der Waals surface area (Å²) in [6.45, 7) is 8.89. The number of ether oxygens (including phenoxy) is 1. The highest BCUT2D eigenvalue weighted by molar-refractivity contribution is 6.50. The average Bonchev–Trinajstić information content (AvgIpc) is 2.87. The highest BCUT2D eigenvalue weighted by Gasteiger charge is 2.72. The van der Waals surface area contributed by atoms with Gasteiger partial charge in [0.25, 0.3) is 0 Å². The third-order valence-electron chi connectivity index (χ3n) is 10.6. The maximum absolute atomic E-state index is 6.84.